The fraction of sp³-hybridized carbons (Fsp3) is 0.562. The molecule has 110 valence electrons. The van der Waals surface area contributed by atoms with E-state index in [1.54, 1.807) is 0 Å². The molecule has 4 nitrogen and oxygen atoms in total. The highest BCUT2D eigenvalue weighted by Gasteiger charge is 2.20. The number of hydrogen-bond donors (Lipinski definition) is 1. The predicted octanol–water partition coefficient (Wildman–Crippen LogP) is 1.15. The van der Waals surface area contributed by atoms with Crippen molar-refractivity contribution in [2.75, 3.05) is 39.3 Å². The first-order chi connectivity index (χ1) is 9.79. The van der Waals surface area contributed by atoms with Gasteiger partial charge in [-0.3, -0.25) is 9.69 Å². The van der Waals surface area contributed by atoms with Crippen LogP contribution in [-0.2, 0) is 11.2 Å². The lowest BCUT2D eigenvalue weighted by Gasteiger charge is -2.24. The average Bonchev–Trinajstić information content (AvgIpc) is 3.00. The summed E-state index contributed by atoms with van der Waals surface area (Å²) in [4.78, 5) is 16.1. The number of rotatable bonds is 7. The molecule has 1 aromatic carbocycles. The monoisotopic (exact) mass is 276 g/mol. The number of carbonyl (C=O) groups excluding carboxylic acids is 1. The maximum Gasteiger partial charge on any atom is 0.236 e. The maximum atomic E-state index is 12.1. The summed E-state index contributed by atoms with van der Waals surface area (Å²) in [5.41, 5.74) is 1.27. The van der Waals surface area contributed by atoms with E-state index in [0.29, 0.717) is 13.1 Å². The summed E-state index contributed by atoms with van der Waals surface area (Å²) in [5, 5.41) is 9.15. The minimum absolute atomic E-state index is 0.0993. The molecule has 0 radical (unpaired) electrons. The van der Waals surface area contributed by atoms with Gasteiger partial charge in [0.05, 0.1) is 13.2 Å². The van der Waals surface area contributed by atoms with Crippen molar-refractivity contribution in [3.63, 3.8) is 0 Å². The minimum atomic E-state index is 0.0993. The molecule has 4 heteroatoms. The summed E-state index contributed by atoms with van der Waals surface area (Å²) in [7, 11) is 0. The zero-order chi connectivity index (χ0) is 14.2. The van der Waals surface area contributed by atoms with Gasteiger partial charge in [0.15, 0.2) is 0 Å². The van der Waals surface area contributed by atoms with Gasteiger partial charge in [0, 0.05) is 26.2 Å². The smallest absolute Gasteiger partial charge is 0.236 e. The molecule has 2 rings (SSSR count). The van der Waals surface area contributed by atoms with E-state index in [2.05, 4.69) is 12.1 Å². The van der Waals surface area contributed by atoms with Gasteiger partial charge in [-0.2, -0.15) is 0 Å². The quantitative estimate of drug-likeness (QED) is 0.812. The zero-order valence-corrected chi connectivity index (χ0v) is 12.0. The molecule has 0 bridgehead atoms. The van der Waals surface area contributed by atoms with Crippen LogP contribution < -0.4 is 0 Å². The van der Waals surface area contributed by atoms with Crippen molar-refractivity contribution in [1.29, 1.82) is 0 Å². The third kappa shape index (κ3) is 4.62. The van der Waals surface area contributed by atoms with Gasteiger partial charge in [-0.25, -0.2) is 0 Å². The highest BCUT2D eigenvalue weighted by Crippen LogP contribution is 2.08. The number of amides is 1. The lowest BCUT2D eigenvalue weighted by molar-refractivity contribution is -0.131. The van der Waals surface area contributed by atoms with Gasteiger partial charge in [-0.15, -0.1) is 0 Å². The number of carbonyl (C=O) groups is 1. The van der Waals surface area contributed by atoms with Gasteiger partial charge in [-0.05, 0) is 24.8 Å². The second kappa shape index (κ2) is 8.02. The molecule has 1 aliphatic rings. The average molecular weight is 276 g/mol. The molecule has 1 fully saturated rings. The first-order valence-corrected chi connectivity index (χ1v) is 7.44. The van der Waals surface area contributed by atoms with Gasteiger partial charge < -0.3 is 10.0 Å². The Morgan fingerprint density at radius 3 is 2.50 bits per heavy atom. The molecule has 0 aromatic heterocycles. The van der Waals surface area contributed by atoms with Crippen LogP contribution in [-0.4, -0.2) is 60.1 Å². The van der Waals surface area contributed by atoms with Gasteiger partial charge in [-0.1, -0.05) is 30.3 Å². The topological polar surface area (TPSA) is 43.8 Å². The Morgan fingerprint density at radius 1 is 1.15 bits per heavy atom. The second-order valence-electron chi connectivity index (χ2n) is 5.32. The number of aliphatic hydroxyl groups is 1. The molecule has 0 saturated carbocycles. The van der Waals surface area contributed by atoms with Gasteiger partial charge >= 0.3 is 0 Å². The molecule has 1 N–H and O–H groups in total. The number of hydrogen-bond acceptors (Lipinski definition) is 3. The number of benzene rings is 1. The van der Waals surface area contributed by atoms with Crippen LogP contribution in [0.1, 0.15) is 18.4 Å². The van der Waals surface area contributed by atoms with Crippen LogP contribution in [0.5, 0.6) is 0 Å². The molecule has 20 heavy (non-hydrogen) atoms. The Balaban J connectivity index is 1.81. The highest BCUT2D eigenvalue weighted by molar-refractivity contribution is 5.78. The Labute approximate surface area is 121 Å². The van der Waals surface area contributed by atoms with Gasteiger partial charge in [0.1, 0.15) is 0 Å². The third-order valence-electron chi connectivity index (χ3n) is 3.79. The van der Waals surface area contributed by atoms with Crippen LogP contribution in [0, 0.1) is 0 Å². The fourth-order valence-electron chi connectivity index (χ4n) is 2.60. The normalized spacial score (nSPS) is 15.0. The molecule has 1 saturated heterocycles. The van der Waals surface area contributed by atoms with E-state index >= 15 is 0 Å². The summed E-state index contributed by atoms with van der Waals surface area (Å²) >= 11 is 0. The zero-order valence-electron chi connectivity index (χ0n) is 12.0. The lowest BCUT2D eigenvalue weighted by atomic mass is 10.1. The van der Waals surface area contributed by atoms with E-state index in [-0.39, 0.29) is 12.5 Å². The van der Waals surface area contributed by atoms with E-state index in [4.69, 9.17) is 5.11 Å². The van der Waals surface area contributed by atoms with Crippen LogP contribution >= 0.6 is 0 Å². The summed E-state index contributed by atoms with van der Waals surface area (Å²) < 4.78 is 0. The molecule has 0 atom stereocenters. The van der Waals surface area contributed by atoms with Crippen LogP contribution in [0.3, 0.4) is 0 Å². The molecule has 0 unspecified atom stereocenters. The van der Waals surface area contributed by atoms with Crippen LogP contribution in [0.15, 0.2) is 30.3 Å². The van der Waals surface area contributed by atoms with Crippen LogP contribution in [0.25, 0.3) is 0 Å². The number of likely N-dealkylation sites (tertiary alicyclic amines) is 1. The molecule has 0 aliphatic carbocycles. The van der Waals surface area contributed by atoms with Gasteiger partial charge in [0.2, 0.25) is 5.91 Å². The molecular formula is C16H24N2O2. The minimum Gasteiger partial charge on any atom is -0.395 e. The summed E-state index contributed by atoms with van der Waals surface area (Å²) in [6, 6.07) is 10.3. The van der Waals surface area contributed by atoms with Crippen molar-refractivity contribution in [2.24, 2.45) is 0 Å². The van der Waals surface area contributed by atoms with Crippen molar-refractivity contribution in [3.8, 4) is 0 Å². The van der Waals surface area contributed by atoms with E-state index in [1.165, 1.54) is 5.56 Å². The number of aliphatic hydroxyl groups excluding tert-OH is 1. The third-order valence-corrected chi connectivity index (χ3v) is 3.79. The highest BCUT2D eigenvalue weighted by atomic mass is 16.3. The van der Waals surface area contributed by atoms with Crippen molar-refractivity contribution in [2.45, 2.75) is 19.3 Å². The first kappa shape index (κ1) is 15.0. The summed E-state index contributed by atoms with van der Waals surface area (Å²) in [6.45, 7) is 3.68. The SMILES string of the molecule is O=C(CN(CCO)CCc1ccccc1)N1CCCC1. The van der Waals surface area contributed by atoms with Crippen molar-refractivity contribution in [3.05, 3.63) is 35.9 Å². The standard InChI is InChI=1S/C16H24N2O2/c19-13-12-17(11-8-15-6-2-1-3-7-15)14-16(20)18-9-4-5-10-18/h1-3,6-7,19H,4-5,8-14H2. The predicted molar refractivity (Wildman–Crippen MR) is 79.5 cm³/mol. The van der Waals surface area contributed by atoms with E-state index in [9.17, 15) is 4.79 Å². The Kier molecular flexibility index (Phi) is 6.02. The summed E-state index contributed by atoms with van der Waals surface area (Å²) in [5.74, 6) is 0.198. The first-order valence-electron chi connectivity index (χ1n) is 7.44. The van der Waals surface area contributed by atoms with Crippen molar-refractivity contribution in [1.82, 2.24) is 9.80 Å². The van der Waals surface area contributed by atoms with E-state index in [0.717, 1.165) is 38.9 Å². The molecule has 1 aromatic rings. The van der Waals surface area contributed by atoms with Crippen LogP contribution in [0.2, 0.25) is 0 Å². The Hall–Kier alpha value is -1.39. The van der Waals surface area contributed by atoms with Crippen molar-refractivity contribution < 1.29 is 9.90 Å². The van der Waals surface area contributed by atoms with E-state index < -0.39 is 0 Å². The Morgan fingerprint density at radius 2 is 1.85 bits per heavy atom. The van der Waals surface area contributed by atoms with Gasteiger partial charge in [0.25, 0.3) is 0 Å². The fourth-order valence-corrected chi connectivity index (χ4v) is 2.60. The maximum absolute atomic E-state index is 12.1. The molecule has 1 amide bonds. The number of nitrogens with zero attached hydrogens (tertiary/aromatic N) is 2. The largest absolute Gasteiger partial charge is 0.395 e. The molecule has 0 spiro atoms. The second-order valence-corrected chi connectivity index (χ2v) is 5.32. The molecule has 1 heterocycles. The molecule has 1 aliphatic heterocycles. The summed E-state index contributed by atoms with van der Waals surface area (Å²) in [6.07, 6.45) is 3.15. The van der Waals surface area contributed by atoms with E-state index in [1.807, 2.05) is 28.0 Å². The van der Waals surface area contributed by atoms with Crippen LogP contribution in [0.4, 0.5) is 0 Å². The molecular weight excluding hydrogens is 252 g/mol. The lowest BCUT2D eigenvalue weighted by Crippen LogP contribution is -2.40. The Bertz CT molecular complexity index is 402. The van der Waals surface area contributed by atoms with Crippen molar-refractivity contribution >= 4 is 5.91 Å².